The maximum Gasteiger partial charge on any atom is 0.472 e. The van der Waals surface area contributed by atoms with Gasteiger partial charge in [-0.05, 0) is 12.8 Å². The van der Waals surface area contributed by atoms with Crippen molar-refractivity contribution < 1.29 is 42.1 Å². The van der Waals surface area contributed by atoms with Gasteiger partial charge in [0.25, 0.3) is 0 Å². The molecule has 0 rings (SSSR count). The van der Waals surface area contributed by atoms with Crippen LogP contribution in [0.1, 0.15) is 194 Å². The lowest BCUT2D eigenvalue weighted by Gasteiger charge is -2.24. The van der Waals surface area contributed by atoms with Gasteiger partial charge in [0.15, 0.2) is 6.10 Å². The number of ether oxygens (including phenoxy) is 2. The molecule has 1 unspecified atom stereocenters. The van der Waals surface area contributed by atoms with E-state index in [0.717, 1.165) is 38.5 Å². The van der Waals surface area contributed by atoms with Gasteiger partial charge in [0.2, 0.25) is 0 Å². The summed E-state index contributed by atoms with van der Waals surface area (Å²) in [4.78, 5) is 35.2. The van der Waals surface area contributed by atoms with Crippen LogP contribution in [0.15, 0.2) is 0 Å². The molecule has 2 atom stereocenters. The zero-order valence-electron chi connectivity index (χ0n) is 33.4. The molecular formula is C40H81NO8P+. The third-order valence-electron chi connectivity index (χ3n) is 9.14. The number of rotatable bonds is 38. The van der Waals surface area contributed by atoms with Gasteiger partial charge < -0.3 is 18.9 Å². The lowest BCUT2D eigenvalue weighted by atomic mass is 10.0. The molecular weight excluding hydrogens is 653 g/mol. The molecule has 0 amide bonds. The molecule has 0 aromatic carbocycles. The first-order valence-corrected chi connectivity index (χ1v) is 22.3. The molecule has 1 N–H and O–H groups in total. The van der Waals surface area contributed by atoms with Gasteiger partial charge in [0.1, 0.15) is 19.8 Å². The number of phosphoric acid groups is 1. The highest BCUT2D eigenvalue weighted by atomic mass is 31.2. The van der Waals surface area contributed by atoms with Gasteiger partial charge in [-0.3, -0.25) is 18.6 Å². The molecule has 0 radical (unpaired) electrons. The monoisotopic (exact) mass is 735 g/mol. The van der Waals surface area contributed by atoms with Crippen molar-refractivity contribution in [2.24, 2.45) is 0 Å². The number of likely N-dealkylation sites (N-methyl/N-ethyl adjacent to an activating group) is 1. The summed E-state index contributed by atoms with van der Waals surface area (Å²) in [6.45, 7) is 4.44. The van der Waals surface area contributed by atoms with Crippen molar-refractivity contribution in [3.05, 3.63) is 0 Å². The minimum absolute atomic E-state index is 0.0366. The second-order valence-electron chi connectivity index (χ2n) is 15.4. The number of hydrogen-bond donors (Lipinski definition) is 1. The molecule has 0 bridgehead atoms. The smallest absolute Gasteiger partial charge is 0.462 e. The van der Waals surface area contributed by atoms with Crippen molar-refractivity contribution in [3.8, 4) is 0 Å². The first-order chi connectivity index (χ1) is 24.0. The Kier molecular flexibility index (Phi) is 33.2. The summed E-state index contributed by atoms with van der Waals surface area (Å²) in [5.74, 6) is -0.787. The summed E-state index contributed by atoms with van der Waals surface area (Å²) in [7, 11) is 1.49. The quantitative estimate of drug-likeness (QED) is 0.0289. The maximum absolute atomic E-state index is 12.6. The number of phosphoric ester groups is 1. The molecule has 0 saturated heterocycles. The Hall–Kier alpha value is -0.990. The molecule has 0 heterocycles. The van der Waals surface area contributed by atoms with Crippen LogP contribution in [0.3, 0.4) is 0 Å². The number of unbranched alkanes of at least 4 members (excludes halogenated alkanes) is 24. The molecule has 9 nitrogen and oxygen atoms in total. The molecule has 0 fully saturated rings. The Morgan fingerprint density at radius 3 is 1.28 bits per heavy atom. The second kappa shape index (κ2) is 33.8. The summed E-state index contributed by atoms with van der Waals surface area (Å²) in [6, 6.07) is 0. The fourth-order valence-corrected chi connectivity index (χ4v) is 6.58. The average molecular weight is 735 g/mol. The minimum Gasteiger partial charge on any atom is -0.462 e. The van der Waals surface area contributed by atoms with E-state index in [4.69, 9.17) is 18.5 Å². The van der Waals surface area contributed by atoms with E-state index in [9.17, 15) is 19.0 Å². The highest BCUT2D eigenvalue weighted by Gasteiger charge is 2.27. The molecule has 0 aromatic rings. The van der Waals surface area contributed by atoms with Crippen molar-refractivity contribution in [2.45, 2.75) is 200 Å². The SMILES string of the molecule is CCCCCCCCCCCCCCCCC(=O)O[C@H](COC(=O)CCCCCCCCCCCCCC)COP(=O)(O)OCC[N+](C)(C)C. The van der Waals surface area contributed by atoms with Crippen molar-refractivity contribution in [2.75, 3.05) is 47.5 Å². The van der Waals surface area contributed by atoms with Gasteiger partial charge in [0.05, 0.1) is 27.7 Å². The molecule has 0 saturated carbocycles. The molecule has 10 heteroatoms. The average Bonchev–Trinajstić information content (AvgIpc) is 3.06. The number of hydrogen-bond acceptors (Lipinski definition) is 7. The van der Waals surface area contributed by atoms with Crippen LogP contribution >= 0.6 is 7.82 Å². The summed E-state index contributed by atoms with van der Waals surface area (Å²) in [6.07, 6.45) is 31.4. The zero-order valence-corrected chi connectivity index (χ0v) is 34.3. The second-order valence-corrected chi connectivity index (χ2v) is 16.8. The highest BCUT2D eigenvalue weighted by Crippen LogP contribution is 2.43. The maximum atomic E-state index is 12.6. The van der Waals surface area contributed by atoms with Gasteiger partial charge in [-0.2, -0.15) is 0 Å². The number of nitrogens with zero attached hydrogens (tertiary/aromatic N) is 1. The Bertz CT molecular complexity index is 835. The Morgan fingerprint density at radius 1 is 0.540 bits per heavy atom. The molecule has 0 aliphatic rings. The predicted molar refractivity (Wildman–Crippen MR) is 206 cm³/mol. The van der Waals surface area contributed by atoms with Crippen LogP contribution in [-0.4, -0.2) is 74.9 Å². The van der Waals surface area contributed by atoms with Crippen molar-refractivity contribution in [1.29, 1.82) is 0 Å². The van der Waals surface area contributed by atoms with E-state index in [-0.39, 0.29) is 25.6 Å². The summed E-state index contributed by atoms with van der Waals surface area (Å²) < 4.78 is 34.2. The van der Waals surface area contributed by atoms with E-state index in [1.807, 2.05) is 21.1 Å². The molecule has 0 spiro atoms. The number of quaternary nitrogens is 1. The van der Waals surface area contributed by atoms with E-state index in [1.54, 1.807) is 0 Å². The van der Waals surface area contributed by atoms with Crippen LogP contribution in [0.25, 0.3) is 0 Å². The lowest BCUT2D eigenvalue weighted by molar-refractivity contribution is -0.870. The van der Waals surface area contributed by atoms with Crippen LogP contribution in [0.2, 0.25) is 0 Å². The third kappa shape index (κ3) is 36.8. The van der Waals surface area contributed by atoms with Gasteiger partial charge in [-0.25, -0.2) is 4.57 Å². The largest absolute Gasteiger partial charge is 0.472 e. The number of carbonyl (C=O) groups is 2. The fraction of sp³-hybridized carbons (Fsp3) is 0.950. The molecule has 298 valence electrons. The topological polar surface area (TPSA) is 108 Å². The molecule has 0 aliphatic carbocycles. The molecule has 50 heavy (non-hydrogen) atoms. The normalized spacial score (nSPS) is 13.6. The van der Waals surface area contributed by atoms with Gasteiger partial charge >= 0.3 is 19.8 Å². The van der Waals surface area contributed by atoms with Gasteiger partial charge in [-0.1, -0.05) is 168 Å². The zero-order chi connectivity index (χ0) is 37.2. The van der Waals surface area contributed by atoms with E-state index in [2.05, 4.69) is 13.8 Å². The first-order valence-electron chi connectivity index (χ1n) is 20.8. The predicted octanol–water partition coefficient (Wildman–Crippen LogP) is 11.2. The van der Waals surface area contributed by atoms with Crippen molar-refractivity contribution >= 4 is 19.8 Å². The Labute approximate surface area is 308 Å². The van der Waals surface area contributed by atoms with Crippen LogP contribution in [0.5, 0.6) is 0 Å². The Balaban J connectivity index is 4.36. The van der Waals surface area contributed by atoms with E-state index in [1.165, 1.54) is 128 Å². The van der Waals surface area contributed by atoms with Gasteiger partial charge in [0, 0.05) is 12.8 Å². The van der Waals surface area contributed by atoms with Crippen LogP contribution < -0.4 is 0 Å². The van der Waals surface area contributed by atoms with Crippen LogP contribution in [0.4, 0.5) is 0 Å². The highest BCUT2D eigenvalue weighted by molar-refractivity contribution is 7.47. The van der Waals surface area contributed by atoms with Crippen molar-refractivity contribution in [1.82, 2.24) is 0 Å². The summed E-state index contributed by atoms with van der Waals surface area (Å²) in [5.41, 5.74) is 0. The van der Waals surface area contributed by atoms with Crippen molar-refractivity contribution in [3.63, 3.8) is 0 Å². The fourth-order valence-electron chi connectivity index (χ4n) is 5.84. The minimum atomic E-state index is -4.36. The van der Waals surface area contributed by atoms with E-state index in [0.29, 0.717) is 17.4 Å². The Morgan fingerprint density at radius 2 is 0.900 bits per heavy atom. The standard InChI is InChI=1S/C40H80NO8P/c1-6-8-10-12-14-16-18-20-21-23-25-27-29-31-33-40(43)49-38(37-48-50(44,45)47-35-34-41(3,4)5)36-46-39(42)32-30-28-26-24-22-19-17-15-13-11-9-7-2/h38H,6-37H2,1-5H3/p+1/t38-/m1/s1. The molecule has 0 aromatic heterocycles. The molecule has 0 aliphatic heterocycles. The third-order valence-corrected chi connectivity index (χ3v) is 10.1. The van der Waals surface area contributed by atoms with Gasteiger partial charge in [-0.15, -0.1) is 0 Å². The van der Waals surface area contributed by atoms with Crippen LogP contribution in [-0.2, 0) is 32.7 Å². The lowest BCUT2D eigenvalue weighted by Crippen LogP contribution is -2.37. The summed E-state index contributed by atoms with van der Waals surface area (Å²) in [5, 5.41) is 0. The number of carbonyl (C=O) groups excluding carboxylic acids is 2. The first kappa shape index (κ1) is 49.0. The summed E-state index contributed by atoms with van der Waals surface area (Å²) >= 11 is 0. The number of esters is 2. The van der Waals surface area contributed by atoms with E-state index >= 15 is 0 Å². The van der Waals surface area contributed by atoms with E-state index < -0.39 is 26.5 Å². The van der Waals surface area contributed by atoms with Crippen LogP contribution in [0, 0.1) is 0 Å².